The van der Waals surface area contributed by atoms with E-state index in [1.807, 2.05) is 12.1 Å². The van der Waals surface area contributed by atoms with Crippen LogP contribution in [-0.2, 0) is 0 Å². The van der Waals surface area contributed by atoms with Gasteiger partial charge in [0.2, 0.25) is 0 Å². The number of hydrogen-bond acceptors (Lipinski definition) is 2. The molecule has 1 unspecified atom stereocenters. The fourth-order valence-corrected chi connectivity index (χ4v) is 2.54. The third kappa shape index (κ3) is 2.07. The fourth-order valence-electron chi connectivity index (χ4n) is 2.34. The Labute approximate surface area is 107 Å². The number of nitrogens with one attached hydrogen (secondary N) is 1. The van der Waals surface area contributed by atoms with Crippen LogP contribution in [0.2, 0.25) is 5.02 Å². The lowest BCUT2D eigenvalue weighted by Gasteiger charge is -2.09. The number of fused-ring (bicyclic) bond motifs is 1. The maximum Gasteiger partial charge on any atom is 0.153 e. The molecule has 0 saturated carbocycles. The lowest BCUT2D eigenvalue weighted by molar-refractivity contribution is 0.456. The minimum atomic E-state index is 0.211. The minimum absolute atomic E-state index is 0.211. The van der Waals surface area contributed by atoms with Gasteiger partial charge in [-0.2, -0.15) is 0 Å². The number of halogens is 1. The molecule has 17 heavy (non-hydrogen) atoms. The molecule has 0 bridgehead atoms. The molecule has 2 nitrogen and oxygen atoms in total. The molecule has 2 rings (SSSR count). The molecule has 0 radical (unpaired) electrons. The van der Waals surface area contributed by atoms with Crippen LogP contribution in [0.5, 0.6) is 0 Å². The van der Waals surface area contributed by atoms with E-state index < -0.39 is 0 Å². The van der Waals surface area contributed by atoms with Crippen molar-refractivity contribution >= 4 is 22.6 Å². The van der Waals surface area contributed by atoms with Crippen molar-refractivity contribution in [2.24, 2.45) is 0 Å². The van der Waals surface area contributed by atoms with Gasteiger partial charge in [0.25, 0.3) is 0 Å². The second-order valence-electron chi connectivity index (χ2n) is 4.44. The summed E-state index contributed by atoms with van der Waals surface area (Å²) in [6.45, 7) is 9.30. The highest BCUT2D eigenvalue weighted by Gasteiger charge is 2.18. The first-order valence-electron chi connectivity index (χ1n) is 5.97. The van der Waals surface area contributed by atoms with Crippen molar-refractivity contribution in [1.82, 2.24) is 5.32 Å². The van der Waals surface area contributed by atoms with E-state index in [0.717, 1.165) is 23.3 Å². The molecular weight excluding hydrogens is 234 g/mol. The third-order valence-electron chi connectivity index (χ3n) is 3.18. The lowest BCUT2D eigenvalue weighted by Crippen LogP contribution is -2.17. The van der Waals surface area contributed by atoms with Crippen LogP contribution in [0.15, 0.2) is 16.5 Å². The average molecular weight is 252 g/mol. The summed E-state index contributed by atoms with van der Waals surface area (Å²) in [4.78, 5) is 0. The molecule has 0 aliphatic rings. The van der Waals surface area contributed by atoms with Crippen LogP contribution >= 0.6 is 11.6 Å². The SMILES string of the molecule is CCNC(C)c1oc2c(Cl)ccc(C)c2c1C. The second-order valence-corrected chi connectivity index (χ2v) is 4.85. The molecule has 0 saturated heterocycles. The number of rotatable bonds is 3. The fraction of sp³-hybridized carbons (Fsp3) is 0.429. The van der Waals surface area contributed by atoms with Gasteiger partial charge in [-0.1, -0.05) is 24.6 Å². The Morgan fingerprint density at radius 1 is 1.35 bits per heavy atom. The van der Waals surface area contributed by atoms with Crippen molar-refractivity contribution in [3.8, 4) is 0 Å². The molecule has 1 atom stereocenters. The summed E-state index contributed by atoms with van der Waals surface area (Å²) in [5.74, 6) is 0.984. The summed E-state index contributed by atoms with van der Waals surface area (Å²) < 4.78 is 5.93. The van der Waals surface area contributed by atoms with E-state index in [4.69, 9.17) is 16.0 Å². The Kier molecular flexibility index (Phi) is 3.45. The smallest absolute Gasteiger partial charge is 0.153 e. The van der Waals surface area contributed by atoms with Gasteiger partial charge in [0.15, 0.2) is 5.58 Å². The van der Waals surface area contributed by atoms with Crippen molar-refractivity contribution < 1.29 is 4.42 Å². The number of aryl methyl sites for hydroxylation is 2. The molecule has 1 N–H and O–H groups in total. The predicted octanol–water partition coefficient (Wildman–Crippen LogP) is 4.37. The summed E-state index contributed by atoms with van der Waals surface area (Å²) in [5, 5.41) is 5.20. The maximum absolute atomic E-state index is 6.18. The van der Waals surface area contributed by atoms with Gasteiger partial charge in [-0.15, -0.1) is 0 Å². The van der Waals surface area contributed by atoms with Gasteiger partial charge in [-0.3, -0.25) is 0 Å². The van der Waals surface area contributed by atoms with Gasteiger partial charge in [0.05, 0.1) is 11.1 Å². The van der Waals surface area contributed by atoms with Crippen molar-refractivity contribution in [1.29, 1.82) is 0 Å². The quantitative estimate of drug-likeness (QED) is 0.876. The summed E-state index contributed by atoms with van der Waals surface area (Å²) in [7, 11) is 0. The van der Waals surface area contributed by atoms with Crippen molar-refractivity contribution in [2.45, 2.75) is 33.7 Å². The first kappa shape index (κ1) is 12.5. The number of benzene rings is 1. The van der Waals surface area contributed by atoms with Gasteiger partial charge in [-0.25, -0.2) is 0 Å². The Bertz CT molecular complexity index is 545. The zero-order valence-electron chi connectivity index (χ0n) is 10.7. The van der Waals surface area contributed by atoms with Crippen LogP contribution in [0, 0.1) is 13.8 Å². The predicted molar refractivity (Wildman–Crippen MR) is 72.8 cm³/mol. The zero-order valence-corrected chi connectivity index (χ0v) is 11.5. The Morgan fingerprint density at radius 2 is 2.06 bits per heavy atom. The number of furan rings is 1. The molecule has 0 aliphatic carbocycles. The Balaban J connectivity index is 2.64. The molecule has 1 aromatic carbocycles. The van der Waals surface area contributed by atoms with E-state index in [-0.39, 0.29) is 6.04 Å². The minimum Gasteiger partial charge on any atom is -0.458 e. The highest BCUT2D eigenvalue weighted by atomic mass is 35.5. The van der Waals surface area contributed by atoms with Crippen molar-refractivity contribution in [3.63, 3.8) is 0 Å². The molecule has 2 aromatic rings. The monoisotopic (exact) mass is 251 g/mol. The normalized spacial score (nSPS) is 13.2. The summed E-state index contributed by atoms with van der Waals surface area (Å²) in [5.41, 5.74) is 3.21. The Morgan fingerprint density at radius 3 is 2.65 bits per heavy atom. The van der Waals surface area contributed by atoms with Crippen molar-refractivity contribution in [2.75, 3.05) is 6.54 Å². The Hall–Kier alpha value is -0.990. The standard InChI is InChI=1S/C14H18ClNO/c1-5-16-10(4)13-9(3)12-8(2)6-7-11(15)14(12)17-13/h6-7,10,16H,5H2,1-4H3. The maximum atomic E-state index is 6.18. The molecule has 3 heteroatoms. The van der Waals surface area contributed by atoms with Gasteiger partial charge < -0.3 is 9.73 Å². The third-order valence-corrected chi connectivity index (χ3v) is 3.48. The molecule has 0 aliphatic heterocycles. The summed E-state index contributed by atoms with van der Waals surface area (Å²) in [6, 6.07) is 4.14. The topological polar surface area (TPSA) is 25.2 Å². The first-order valence-corrected chi connectivity index (χ1v) is 6.35. The molecule has 92 valence electrons. The molecular formula is C14H18ClNO. The van der Waals surface area contributed by atoms with E-state index >= 15 is 0 Å². The van der Waals surface area contributed by atoms with Gasteiger partial charge in [0, 0.05) is 10.9 Å². The van der Waals surface area contributed by atoms with Crippen LogP contribution in [0.1, 0.15) is 36.8 Å². The second kappa shape index (κ2) is 4.71. The summed E-state index contributed by atoms with van der Waals surface area (Å²) in [6.07, 6.45) is 0. The zero-order chi connectivity index (χ0) is 12.6. The van der Waals surface area contributed by atoms with E-state index in [1.54, 1.807) is 0 Å². The van der Waals surface area contributed by atoms with Crippen LogP contribution in [0.3, 0.4) is 0 Å². The van der Waals surface area contributed by atoms with Crippen molar-refractivity contribution in [3.05, 3.63) is 34.0 Å². The highest BCUT2D eigenvalue weighted by molar-refractivity contribution is 6.35. The van der Waals surface area contributed by atoms with Gasteiger partial charge >= 0.3 is 0 Å². The van der Waals surface area contributed by atoms with Crippen LogP contribution in [0.25, 0.3) is 11.0 Å². The first-order chi connectivity index (χ1) is 8.06. The largest absolute Gasteiger partial charge is 0.458 e. The number of hydrogen-bond donors (Lipinski definition) is 1. The molecule has 0 spiro atoms. The van der Waals surface area contributed by atoms with Crippen LogP contribution in [0.4, 0.5) is 0 Å². The lowest BCUT2D eigenvalue weighted by atomic mass is 10.0. The van der Waals surface area contributed by atoms with E-state index in [1.165, 1.54) is 11.1 Å². The van der Waals surface area contributed by atoms with Gasteiger partial charge in [0.1, 0.15) is 5.76 Å². The summed E-state index contributed by atoms with van der Waals surface area (Å²) >= 11 is 6.18. The molecule has 1 heterocycles. The molecule has 1 aromatic heterocycles. The van der Waals surface area contributed by atoms with Crippen LogP contribution < -0.4 is 5.32 Å². The molecule has 0 amide bonds. The highest BCUT2D eigenvalue weighted by Crippen LogP contribution is 2.35. The van der Waals surface area contributed by atoms with E-state index in [9.17, 15) is 0 Å². The molecule has 0 fully saturated rings. The van der Waals surface area contributed by atoms with Gasteiger partial charge in [-0.05, 0) is 38.9 Å². The average Bonchev–Trinajstić information content (AvgIpc) is 2.63. The van der Waals surface area contributed by atoms with E-state index in [2.05, 4.69) is 33.0 Å². The van der Waals surface area contributed by atoms with E-state index in [0.29, 0.717) is 5.02 Å². The van der Waals surface area contributed by atoms with Crippen LogP contribution in [-0.4, -0.2) is 6.54 Å².